The van der Waals surface area contributed by atoms with Gasteiger partial charge in [0.25, 0.3) is 11.6 Å². The van der Waals surface area contributed by atoms with Gasteiger partial charge in [0.05, 0.1) is 22.4 Å². The molecule has 0 aliphatic carbocycles. The lowest BCUT2D eigenvalue weighted by atomic mass is 10.1. The summed E-state index contributed by atoms with van der Waals surface area (Å²) in [6.45, 7) is 3.79. The Kier molecular flexibility index (Phi) is 4.85. The van der Waals surface area contributed by atoms with Crippen molar-refractivity contribution in [2.45, 2.75) is 26.3 Å². The SMILES string of the molecule is CCC(C)NC(=O)c1nc(-c2ccccc2[N+](=O)[O-])cnc1N. The number of nitro groups is 1. The number of anilines is 1. The predicted octanol–water partition coefficient (Wildman–Crippen LogP) is 2.16. The number of nitrogens with two attached hydrogens (primary N) is 1. The number of rotatable bonds is 5. The van der Waals surface area contributed by atoms with Gasteiger partial charge >= 0.3 is 0 Å². The molecule has 0 saturated carbocycles. The van der Waals surface area contributed by atoms with Gasteiger partial charge < -0.3 is 11.1 Å². The van der Waals surface area contributed by atoms with Gasteiger partial charge in [0.2, 0.25) is 0 Å². The number of benzene rings is 1. The number of nitrogen functional groups attached to an aromatic ring is 1. The summed E-state index contributed by atoms with van der Waals surface area (Å²) in [5, 5.41) is 13.9. The van der Waals surface area contributed by atoms with Crippen molar-refractivity contribution in [3.05, 3.63) is 46.3 Å². The number of hydrogen-bond donors (Lipinski definition) is 2. The van der Waals surface area contributed by atoms with Crippen LogP contribution in [0.5, 0.6) is 0 Å². The van der Waals surface area contributed by atoms with E-state index in [1.54, 1.807) is 18.2 Å². The first kappa shape index (κ1) is 16.3. The van der Waals surface area contributed by atoms with Crippen LogP contribution >= 0.6 is 0 Å². The van der Waals surface area contributed by atoms with Gasteiger partial charge in [0.1, 0.15) is 0 Å². The zero-order chi connectivity index (χ0) is 17.0. The number of aromatic nitrogens is 2. The van der Waals surface area contributed by atoms with Crippen LogP contribution in [-0.2, 0) is 0 Å². The Morgan fingerprint density at radius 1 is 1.43 bits per heavy atom. The number of para-hydroxylation sites is 1. The zero-order valence-electron chi connectivity index (χ0n) is 12.8. The third-order valence-electron chi connectivity index (χ3n) is 3.38. The molecular formula is C15H17N5O3. The molecule has 0 spiro atoms. The lowest BCUT2D eigenvalue weighted by molar-refractivity contribution is -0.384. The van der Waals surface area contributed by atoms with Gasteiger partial charge in [-0.1, -0.05) is 19.1 Å². The minimum atomic E-state index is -0.508. The van der Waals surface area contributed by atoms with E-state index in [1.807, 2.05) is 13.8 Å². The normalized spacial score (nSPS) is 11.7. The second-order valence-electron chi connectivity index (χ2n) is 5.05. The van der Waals surface area contributed by atoms with Gasteiger partial charge in [-0.15, -0.1) is 0 Å². The van der Waals surface area contributed by atoms with E-state index in [9.17, 15) is 14.9 Å². The van der Waals surface area contributed by atoms with Crippen LogP contribution in [0.1, 0.15) is 30.8 Å². The number of nitrogens with zero attached hydrogens (tertiary/aromatic N) is 3. The maximum Gasteiger partial charge on any atom is 0.278 e. The monoisotopic (exact) mass is 315 g/mol. The summed E-state index contributed by atoms with van der Waals surface area (Å²) < 4.78 is 0. The fourth-order valence-corrected chi connectivity index (χ4v) is 1.94. The summed E-state index contributed by atoms with van der Waals surface area (Å²) in [5.74, 6) is -0.474. The van der Waals surface area contributed by atoms with Crippen molar-refractivity contribution < 1.29 is 9.72 Å². The minimum absolute atomic E-state index is 0.0202. The van der Waals surface area contributed by atoms with Crippen LogP contribution < -0.4 is 11.1 Å². The molecule has 1 aromatic heterocycles. The number of nitro benzene ring substituents is 1. The quantitative estimate of drug-likeness (QED) is 0.643. The fourth-order valence-electron chi connectivity index (χ4n) is 1.94. The van der Waals surface area contributed by atoms with E-state index in [0.29, 0.717) is 0 Å². The molecule has 0 saturated heterocycles. The van der Waals surface area contributed by atoms with Gasteiger partial charge in [-0.2, -0.15) is 0 Å². The van der Waals surface area contributed by atoms with Crippen LogP contribution in [0, 0.1) is 10.1 Å². The highest BCUT2D eigenvalue weighted by molar-refractivity contribution is 5.97. The van der Waals surface area contributed by atoms with E-state index in [2.05, 4.69) is 15.3 Å². The number of hydrogen-bond acceptors (Lipinski definition) is 6. The molecule has 0 aliphatic heterocycles. The molecule has 1 aromatic carbocycles. The van der Waals surface area contributed by atoms with Crippen LogP contribution in [-0.4, -0.2) is 26.8 Å². The maximum absolute atomic E-state index is 12.2. The van der Waals surface area contributed by atoms with Crippen molar-refractivity contribution in [1.82, 2.24) is 15.3 Å². The molecule has 3 N–H and O–H groups in total. The van der Waals surface area contributed by atoms with Crippen LogP contribution in [0.3, 0.4) is 0 Å². The molecule has 0 radical (unpaired) electrons. The third kappa shape index (κ3) is 3.60. The Hall–Kier alpha value is -3.03. The summed E-state index contributed by atoms with van der Waals surface area (Å²) in [4.78, 5) is 30.9. The summed E-state index contributed by atoms with van der Waals surface area (Å²) in [6.07, 6.45) is 2.07. The second-order valence-corrected chi connectivity index (χ2v) is 5.05. The van der Waals surface area contributed by atoms with Gasteiger partial charge in [0.15, 0.2) is 11.5 Å². The standard InChI is InChI=1S/C15H17N5O3/c1-3-9(2)18-15(21)13-14(16)17-8-11(19-13)10-6-4-5-7-12(10)20(22)23/h4-9H,3H2,1-2H3,(H2,16,17)(H,18,21). The van der Waals surface area contributed by atoms with Crippen LogP contribution in [0.25, 0.3) is 11.3 Å². The van der Waals surface area contributed by atoms with Crippen molar-refractivity contribution in [2.75, 3.05) is 5.73 Å². The average molecular weight is 315 g/mol. The molecule has 1 amide bonds. The highest BCUT2D eigenvalue weighted by Gasteiger charge is 2.20. The van der Waals surface area contributed by atoms with Crippen LogP contribution in [0.4, 0.5) is 11.5 Å². The summed E-state index contributed by atoms with van der Waals surface area (Å²) in [7, 11) is 0. The summed E-state index contributed by atoms with van der Waals surface area (Å²) in [6, 6.07) is 6.08. The second kappa shape index (κ2) is 6.82. The highest BCUT2D eigenvalue weighted by Crippen LogP contribution is 2.28. The summed E-state index contributed by atoms with van der Waals surface area (Å²) in [5.41, 5.74) is 6.07. The smallest absolute Gasteiger partial charge is 0.278 e. The van der Waals surface area contributed by atoms with Gasteiger partial charge in [-0.25, -0.2) is 9.97 Å². The zero-order valence-corrected chi connectivity index (χ0v) is 12.8. The number of nitrogens with one attached hydrogen (secondary N) is 1. The highest BCUT2D eigenvalue weighted by atomic mass is 16.6. The van der Waals surface area contributed by atoms with Gasteiger partial charge in [-0.3, -0.25) is 14.9 Å². The lowest BCUT2D eigenvalue weighted by Crippen LogP contribution is -2.33. The Morgan fingerprint density at radius 3 is 2.78 bits per heavy atom. The van der Waals surface area contributed by atoms with E-state index in [0.717, 1.165) is 6.42 Å². The Morgan fingerprint density at radius 2 is 2.13 bits per heavy atom. The molecule has 0 fully saturated rings. The number of amides is 1. The van der Waals surface area contributed by atoms with Crippen molar-refractivity contribution >= 4 is 17.4 Å². The maximum atomic E-state index is 12.2. The van der Waals surface area contributed by atoms with Gasteiger partial charge in [-0.05, 0) is 19.4 Å². The molecule has 120 valence electrons. The lowest BCUT2D eigenvalue weighted by Gasteiger charge is -2.12. The largest absolute Gasteiger partial charge is 0.382 e. The summed E-state index contributed by atoms with van der Waals surface area (Å²) >= 11 is 0. The molecule has 8 heteroatoms. The number of carbonyl (C=O) groups excluding carboxylic acids is 1. The molecule has 0 aliphatic rings. The van der Waals surface area contributed by atoms with Crippen molar-refractivity contribution in [3.8, 4) is 11.3 Å². The molecule has 1 atom stereocenters. The molecule has 1 heterocycles. The van der Waals surface area contributed by atoms with E-state index in [4.69, 9.17) is 5.73 Å². The molecule has 1 unspecified atom stereocenters. The first-order valence-corrected chi connectivity index (χ1v) is 7.11. The first-order chi connectivity index (χ1) is 10.9. The first-order valence-electron chi connectivity index (χ1n) is 7.11. The van der Waals surface area contributed by atoms with Crippen LogP contribution in [0.2, 0.25) is 0 Å². The molecule has 2 rings (SSSR count). The molecular weight excluding hydrogens is 298 g/mol. The van der Waals surface area contributed by atoms with E-state index < -0.39 is 10.8 Å². The van der Waals surface area contributed by atoms with E-state index in [1.165, 1.54) is 12.3 Å². The van der Waals surface area contributed by atoms with E-state index >= 15 is 0 Å². The Labute approximate surface area is 132 Å². The van der Waals surface area contributed by atoms with Crippen molar-refractivity contribution in [3.63, 3.8) is 0 Å². The minimum Gasteiger partial charge on any atom is -0.382 e. The van der Waals surface area contributed by atoms with Gasteiger partial charge in [0, 0.05) is 12.1 Å². The van der Waals surface area contributed by atoms with Crippen LogP contribution in [0.15, 0.2) is 30.5 Å². The molecule has 0 bridgehead atoms. The fraction of sp³-hybridized carbons (Fsp3) is 0.267. The van der Waals surface area contributed by atoms with Crippen molar-refractivity contribution in [2.24, 2.45) is 0 Å². The third-order valence-corrected chi connectivity index (χ3v) is 3.38. The Bertz CT molecular complexity index is 748. The molecule has 2 aromatic rings. The Balaban J connectivity index is 2.46. The van der Waals surface area contributed by atoms with Crippen molar-refractivity contribution in [1.29, 1.82) is 0 Å². The molecule has 8 nitrogen and oxygen atoms in total. The van der Waals surface area contributed by atoms with E-state index in [-0.39, 0.29) is 34.5 Å². The average Bonchev–Trinajstić information content (AvgIpc) is 2.55. The molecule has 23 heavy (non-hydrogen) atoms. The number of carbonyl (C=O) groups is 1. The predicted molar refractivity (Wildman–Crippen MR) is 85.8 cm³/mol. The topological polar surface area (TPSA) is 124 Å².